The summed E-state index contributed by atoms with van der Waals surface area (Å²) in [5.41, 5.74) is 3.93. The molecule has 0 aromatic heterocycles. The zero-order valence-electron chi connectivity index (χ0n) is 17.0. The number of benzene rings is 2. The quantitative estimate of drug-likeness (QED) is 0.671. The highest BCUT2D eigenvalue weighted by atomic mass is 19.4. The van der Waals surface area contributed by atoms with Gasteiger partial charge in [0.05, 0.1) is 12.1 Å². The zero-order valence-corrected chi connectivity index (χ0v) is 17.0. The van der Waals surface area contributed by atoms with Crippen LogP contribution in [0.25, 0.3) is 0 Å². The summed E-state index contributed by atoms with van der Waals surface area (Å²) in [4.78, 5) is 6.54. The lowest BCUT2D eigenvalue weighted by Crippen LogP contribution is -2.45. The molecule has 1 aliphatic rings. The maximum atomic E-state index is 12.8. The Hall–Kier alpha value is -2.58. The molecule has 5 nitrogen and oxygen atoms in total. The standard InChI is InChI=1S/C22H26F3N3O2/c1-3-28(4-2)19-11-7-17(8-12-19)15-26-14-16-5-9-18(10-6-16)20-13-21(29,30-27-20)22(23,24)25/h5-12,26,29H,3-4,13-15H2,1-2H3. The van der Waals surface area contributed by atoms with E-state index in [0.717, 1.165) is 18.7 Å². The molecule has 0 aliphatic carbocycles. The number of halogens is 3. The number of alkyl halides is 3. The molecule has 0 amide bonds. The highest BCUT2D eigenvalue weighted by molar-refractivity contribution is 6.01. The van der Waals surface area contributed by atoms with Crippen LogP contribution < -0.4 is 10.2 Å². The van der Waals surface area contributed by atoms with E-state index in [2.05, 4.69) is 58.3 Å². The van der Waals surface area contributed by atoms with E-state index in [4.69, 9.17) is 0 Å². The highest BCUT2D eigenvalue weighted by Crippen LogP contribution is 2.38. The van der Waals surface area contributed by atoms with Gasteiger partial charge in [0.1, 0.15) is 0 Å². The summed E-state index contributed by atoms with van der Waals surface area (Å²) in [5.74, 6) is -3.25. The van der Waals surface area contributed by atoms with Gasteiger partial charge in [-0.3, -0.25) is 0 Å². The number of rotatable bonds is 8. The molecule has 1 unspecified atom stereocenters. The molecule has 0 fully saturated rings. The third-order valence-corrected chi connectivity index (χ3v) is 5.17. The molecule has 162 valence electrons. The van der Waals surface area contributed by atoms with Crippen molar-refractivity contribution in [3.05, 3.63) is 65.2 Å². The van der Waals surface area contributed by atoms with Crippen molar-refractivity contribution in [3.8, 4) is 0 Å². The molecule has 0 radical (unpaired) electrons. The van der Waals surface area contributed by atoms with Crippen molar-refractivity contribution in [2.75, 3.05) is 18.0 Å². The summed E-state index contributed by atoms with van der Waals surface area (Å²) in [6.45, 7) is 7.53. The van der Waals surface area contributed by atoms with E-state index < -0.39 is 18.4 Å². The van der Waals surface area contributed by atoms with Gasteiger partial charge in [0.2, 0.25) is 0 Å². The van der Waals surface area contributed by atoms with E-state index in [-0.39, 0.29) is 5.71 Å². The Morgan fingerprint density at radius 1 is 1.00 bits per heavy atom. The number of aliphatic hydroxyl groups is 1. The van der Waals surface area contributed by atoms with Gasteiger partial charge in [-0.05, 0) is 42.7 Å². The third-order valence-electron chi connectivity index (χ3n) is 5.17. The molecular formula is C22H26F3N3O2. The summed E-state index contributed by atoms with van der Waals surface area (Å²) < 4.78 is 38.4. The first kappa shape index (κ1) is 22.1. The zero-order chi connectivity index (χ0) is 21.8. The summed E-state index contributed by atoms with van der Waals surface area (Å²) in [6.07, 6.45) is -5.62. The van der Waals surface area contributed by atoms with Crippen molar-refractivity contribution in [2.45, 2.75) is 45.3 Å². The van der Waals surface area contributed by atoms with Crippen LogP contribution in [0.4, 0.5) is 18.9 Å². The van der Waals surface area contributed by atoms with Gasteiger partial charge in [0, 0.05) is 31.9 Å². The van der Waals surface area contributed by atoms with Crippen LogP contribution in [0.1, 0.15) is 37.0 Å². The van der Waals surface area contributed by atoms with E-state index in [9.17, 15) is 18.3 Å². The second-order valence-electron chi connectivity index (χ2n) is 7.23. The van der Waals surface area contributed by atoms with Crippen molar-refractivity contribution in [1.29, 1.82) is 0 Å². The van der Waals surface area contributed by atoms with Crippen LogP contribution in [0.5, 0.6) is 0 Å². The van der Waals surface area contributed by atoms with Gasteiger partial charge in [-0.15, -0.1) is 0 Å². The van der Waals surface area contributed by atoms with Gasteiger partial charge in [-0.25, -0.2) is 0 Å². The Kier molecular flexibility index (Phi) is 6.67. The van der Waals surface area contributed by atoms with Gasteiger partial charge in [0.15, 0.2) is 0 Å². The number of oxime groups is 1. The Morgan fingerprint density at radius 2 is 1.53 bits per heavy atom. The van der Waals surface area contributed by atoms with Crippen LogP contribution >= 0.6 is 0 Å². The molecule has 0 bridgehead atoms. The molecule has 1 aliphatic heterocycles. The Labute approximate surface area is 174 Å². The second kappa shape index (κ2) is 9.06. The van der Waals surface area contributed by atoms with Crippen molar-refractivity contribution >= 4 is 11.4 Å². The number of nitrogens with zero attached hydrogens (tertiary/aromatic N) is 2. The van der Waals surface area contributed by atoms with Crippen LogP contribution in [0.15, 0.2) is 53.7 Å². The monoisotopic (exact) mass is 421 g/mol. The van der Waals surface area contributed by atoms with Crippen molar-refractivity contribution in [3.63, 3.8) is 0 Å². The number of anilines is 1. The predicted molar refractivity (Wildman–Crippen MR) is 110 cm³/mol. The van der Waals surface area contributed by atoms with Crippen LogP contribution in [0.3, 0.4) is 0 Å². The number of nitrogens with one attached hydrogen (secondary N) is 1. The normalized spacial score (nSPS) is 18.8. The Morgan fingerprint density at radius 3 is 2.00 bits per heavy atom. The molecule has 1 heterocycles. The van der Waals surface area contributed by atoms with E-state index in [1.165, 1.54) is 11.3 Å². The summed E-state index contributed by atoms with van der Waals surface area (Å²) in [6, 6.07) is 15.4. The fourth-order valence-electron chi connectivity index (χ4n) is 3.31. The lowest BCUT2D eigenvalue weighted by atomic mass is 10.0. The molecule has 1 atom stereocenters. The van der Waals surface area contributed by atoms with Crippen molar-refractivity contribution in [2.24, 2.45) is 5.16 Å². The van der Waals surface area contributed by atoms with E-state index in [0.29, 0.717) is 18.7 Å². The summed E-state index contributed by atoms with van der Waals surface area (Å²) in [7, 11) is 0. The van der Waals surface area contributed by atoms with Crippen molar-refractivity contribution in [1.82, 2.24) is 5.32 Å². The lowest BCUT2D eigenvalue weighted by Gasteiger charge is -2.22. The molecule has 8 heteroatoms. The third kappa shape index (κ3) is 4.94. The molecule has 0 spiro atoms. The minimum atomic E-state index is -4.90. The first-order chi connectivity index (χ1) is 14.3. The SMILES string of the molecule is CCN(CC)c1ccc(CNCc2ccc(C3=NOC(O)(C(F)(F)F)C3)cc2)cc1. The van der Waals surface area contributed by atoms with Gasteiger partial charge in [-0.1, -0.05) is 41.6 Å². The maximum absolute atomic E-state index is 12.8. The first-order valence-electron chi connectivity index (χ1n) is 9.94. The predicted octanol–water partition coefficient (Wildman–Crippen LogP) is 4.20. The van der Waals surface area contributed by atoms with Crippen LogP contribution in [-0.2, 0) is 17.9 Å². The molecule has 0 saturated heterocycles. The first-order valence-corrected chi connectivity index (χ1v) is 9.94. The van der Waals surface area contributed by atoms with Crippen LogP contribution in [-0.4, -0.2) is 35.9 Å². The van der Waals surface area contributed by atoms with E-state index in [1.54, 1.807) is 12.1 Å². The minimum absolute atomic E-state index is 0.0719. The van der Waals surface area contributed by atoms with Gasteiger partial charge < -0.3 is 20.2 Å². The summed E-state index contributed by atoms with van der Waals surface area (Å²) in [5, 5.41) is 16.3. The minimum Gasteiger partial charge on any atom is -0.372 e. The smallest absolute Gasteiger partial charge is 0.372 e. The van der Waals surface area contributed by atoms with Gasteiger partial charge in [-0.2, -0.15) is 13.2 Å². The maximum Gasteiger partial charge on any atom is 0.458 e. The molecule has 30 heavy (non-hydrogen) atoms. The number of hydrogen-bond acceptors (Lipinski definition) is 5. The topological polar surface area (TPSA) is 57.1 Å². The van der Waals surface area contributed by atoms with Crippen LogP contribution in [0.2, 0.25) is 0 Å². The Balaban J connectivity index is 1.51. The average molecular weight is 421 g/mol. The lowest BCUT2D eigenvalue weighted by molar-refractivity contribution is -0.355. The van der Waals surface area contributed by atoms with Gasteiger partial charge >= 0.3 is 12.0 Å². The molecule has 2 N–H and O–H groups in total. The van der Waals surface area contributed by atoms with Crippen molar-refractivity contribution < 1.29 is 23.1 Å². The van der Waals surface area contributed by atoms with E-state index >= 15 is 0 Å². The average Bonchev–Trinajstić information content (AvgIpc) is 3.14. The highest BCUT2D eigenvalue weighted by Gasteiger charge is 2.60. The van der Waals surface area contributed by atoms with E-state index in [1.807, 2.05) is 12.1 Å². The fourth-order valence-corrected chi connectivity index (χ4v) is 3.31. The van der Waals surface area contributed by atoms with Gasteiger partial charge in [0.25, 0.3) is 0 Å². The molecule has 2 aromatic rings. The molecule has 3 rings (SSSR count). The largest absolute Gasteiger partial charge is 0.458 e. The molecule has 0 saturated carbocycles. The molecule has 2 aromatic carbocycles. The fraction of sp³-hybridized carbons (Fsp3) is 0.409. The second-order valence-corrected chi connectivity index (χ2v) is 7.23. The Bertz CT molecular complexity index is 863. The molecular weight excluding hydrogens is 395 g/mol. The number of hydrogen-bond donors (Lipinski definition) is 2. The van der Waals surface area contributed by atoms with Crippen LogP contribution in [0, 0.1) is 0 Å². The summed E-state index contributed by atoms with van der Waals surface area (Å²) >= 11 is 0.